The molecule has 1 aromatic rings. The topological polar surface area (TPSA) is 40.5 Å². The summed E-state index contributed by atoms with van der Waals surface area (Å²) in [5, 5.41) is 19.7. The van der Waals surface area contributed by atoms with E-state index < -0.39 is 0 Å². The molecule has 2 nitrogen and oxygen atoms in total. The van der Waals surface area contributed by atoms with Gasteiger partial charge in [0.25, 0.3) is 0 Å². The van der Waals surface area contributed by atoms with E-state index in [9.17, 15) is 10.2 Å². The molecule has 0 radical (unpaired) electrons. The van der Waals surface area contributed by atoms with Gasteiger partial charge in [-0.1, -0.05) is 30.1 Å². The molecule has 2 heteroatoms. The van der Waals surface area contributed by atoms with Crippen molar-refractivity contribution in [2.24, 2.45) is 0 Å². The van der Waals surface area contributed by atoms with Gasteiger partial charge in [-0.25, -0.2) is 0 Å². The Bertz CT molecular complexity index is 550. The summed E-state index contributed by atoms with van der Waals surface area (Å²) in [6.45, 7) is 9.43. The van der Waals surface area contributed by atoms with Gasteiger partial charge in [0.1, 0.15) is 11.5 Å². The fourth-order valence-electron chi connectivity index (χ4n) is 1.37. The van der Waals surface area contributed by atoms with Crippen LogP contribution >= 0.6 is 0 Å². The molecule has 18 heavy (non-hydrogen) atoms. The van der Waals surface area contributed by atoms with Crippen molar-refractivity contribution in [2.75, 3.05) is 0 Å². The van der Waals surface area contributed by atoms with Crippen molar-refractivity contribution in [3.63, 3.8) is 0 Å². The number of hydrogen-bond donors (Lipinski definition) is 2. The van der Waals surface area contributed by atoms with Crippen molar-refractivity contribution in [3.05, 3.63) is 47.1 Å². The van der Waals surface area contributed by atoms with E-state index in [1.807, 2.05) is 19.9 Å². The molecular weight excluding hydrogens is 224 g/mol. The van der Waals surface area contributed by atoms with Gasteiger partial charge in [-0.3, -0.25) is 0 Å². The third-order valence-corrected chi connectivity index (χ3v) is 2.34. The monoisotopic (exact) mass is 242 g/mol. The second kappa shape index (κ2) is 5.97. The van der Waals surface area contributed by atoms with Gasteiger partial charge in [0.2, 0.25) is 0 Å². The Labute approximate surface area is 108 Å². The minimum Gasteiger partial charge on any atom is -0.508 e. The lowest BCUT2D eigenvalue weighted by Gasteiger charge is -2.05. The van der Waals surface area contributed by atoms with Crippen LogP contribution in [0.25, 0.3) is 0 Å². The number of phenolic OH excluding ortho intramolecular Hbond substituents is 2. The van der Waals surface area contributed by atoms with Gasteiger partial charge < -0.3 is 10.2 Å². The van der Waals surface area contributed by atoms with E-state index in [1.54, 1.807) is 13.0 Å². The highest BCUT2D eigenvalue weighted by Gasteiger charge is 2.06. The maximum atomic E-state index is 9.86. The summed E-state index contributed by atoms with van der Waals surface area (Å²) in [7, 11) is 0. The van der Waals surface area contributed by atoms with Crippen molar-refractivity contribution in [1.82, 2.24) is 0 Å². The lowest BCUT2D eigenvalue weighted by atomic mass is 10.0. The Balaban J connectivity index is 3.09. The van der Waals surface area contributed by atoms with Gasteiger partial charge in [-0.05, 0) is 44.9 Å². The highest BCUT2D eigenvalue weighted by atomic mass is 16.3. The molecule has 1 rings (SSSR count). The van der Waals surface area contributed by atoms with Gasteiger partial charge in [0.15, 0.2) is 0 Å². The van der Waals surface area contributed by atoms with E-state index >= 15 is 0 Å². The Hall–Kier alpha value is -2.14. The summed E-state index contributed by atoms with van der Waals surface area (Å²) < 4.78 is 0. The Morgan fingerprint density at radius 3 is 2.44 bits per heavy atom. The molecule has 0 atom stereocenters. The average Bonchev–Trinajstić information content (AvgIpc) is 2.27. The van der Waals surface area contributed by atoms with Gasteiger partial charge in [0, 0.05) is 5.56 Å². The summed E-state index contributed by atoms with van der Waals surface area (Å²) in [5.41, 5.74) is 2.98. The van der Waals surface area contributed by atoms with E-state index in [-0.39, 0.29) is 11.5 Å². The van der Waals surface area contributed by atoms with Crippen LogP contribution in [-0.4, -0.2) is 10.2 Å². The van der Waals surface area contributed by atoms with Crippen LogP contribution in [0, 0.1) is 11.8 Å². The molecule has 0 amide bonds. The first-order valence-corrected chi connectivity index (χ1v) is 5.76. The largest absolute Gasteiger partial charge is 0.508 e. The van der Waals surface area contributed by atoms with E-state index in [4.69, 9.17) is 0 Å². The number of benzene rings is 1. The second-order valence-electron chi connectivity index (χ2n) is 4.51. The number of hydrogen-bond acceptors (Lipinski definition) is 2. The lowest BCUT2D eigenvalue weighted by molar-refractivity contribution is 0.454. The highest BCUT2D eigenvalue weighted by Crippen LogP contribution is 2.27. The average molecular weight is 242 g/mol. The Kier molecular flexibility index (Phi) is 4.62. The van der Waals surface area contributed by atoms with Crippen molar-refractivity contribution >= 4 is 0 Å². The van der Waals surface area contributed by atoms with E-state index in [0.717, 1.165) is 0 Å². The summed E-state index contributed by atoms with van der Waals surface area (Å²) >= 11 is 0. The van der Waals surface area contributed by atoms with Crippen LogP contribution in [0.2, 0.25) is 0 Å². The third kappa shape index (κ3) is 4.03. The summed E-state index contributed by atoms with van der Waals surface area (Å²) in [6, 6.07) is 3.04. The van der Waals surface area contributed by atoms with Gasteiger partial charge in [-0.2, -0.15) is 0 Å². The van der Waals surface area contributed by atoms with Gasteiger partial charge in [-0.15, -0.1) is 0 Å². The molecule has 0 heterocycles. The number of aromatic hydroxyl groups is 2. The molecule has 0 saturated carbocycles. The quantitative estimate of drug-likeness (QED) is 0.473. The minimum absolute atomic E-state index is 0.0821. The van der Waals surface area contributed by atoms with Crippen molar-refractivity contribution in [1.29, 1.82) is 0 Å². The van der Waals surface area contributed by atoms with Gasteiger partial charge >= 0.3 is 0 Å². The Morgan fingerprint density at radius 2 is 1.89 bits per heavy atom. The van der Waals surface area contributed by atoms with Crippen LogP contribution in [0.4, 0.5) is 0 Å². The minimum atomic E-state index is 0.0821. The predicted molar refractivity (Wildman–Crippen MR) is 74.6 cm³/mol. The van der Waals surface area contributed by atoms with E-state index in [2.05, 4.69) is 18.4 Å². The molecule has 0 aliphatic heterocycles. The number of rotatable bonds is 2. The third-order valence-electron chi connectivity index (χ3n) is 2.34. The predicted octanol–water partition coefficient (Wildman–Crippen LogP) is 3.53. The molecule has 1 aromatic carbocycles. The smallest absolute Gasteiger partial charge is 0.131 e. The molecule has 0 aliphatic carbocycles. The summed E-state index contributed by atoms with van der Waals surface area (Å²) in [6.07, 6.45) is 2.59. The van der Waals surface area contributed by atoms with Crippen LogP contribution in [-0.2, 0) is 6.42 Å². The van der Waals surface area contributed by atoms with Crippen molar-refractivity contribution < 1.29 is 10.2 Å². The molecule has 0 saturated heterocycles. The SMILES string of the molecule is C=C(C)C#Cc1cc(O)c(CC=C(C)C)cc1O. The molecule has 0 bridgehead atoms. The molecule has 0 aliphatic rings. The molecule has 2 N–H and O–H groups in total. The maximum absolute atomic E-state index is 9.86. The second-order valence-corrected chi connectivity index (χ2v) is 4.51. The normalized spacial score (nSPS) is 9.28. The van der Waals surface area contributed by atoms with Crippen molar-refractivity contribution in [3.8, 4) is 23.3 Å². The fraction of sp³-hybridized carbons (Fsp3) is 0.250. The lowest BCUT2D eigenvalue weighted by Crippen LogP contribution is -1.87. The summed E-state index contributed by atoms with van der Waals surface area (Å²) in [5.74, 6) is 5.77. The van der Waals surface area contributed by atoms with Crippen LogP contribution in [0.5, 0.6) is 11.5 Å². The van der Waals surface area contributed by atoms with Crippen LogP contribution < -0.4 is 0 Å². The molecule has 0 spiro atoms. The first-order valence-electron chi connectivity index (χ1n) is 5.76. The zero-order chi connectivity index (χ0) is 13.7. The van der Waals surface area contributed by atoms with Crippen molar-refractivity contribution in [2.45, 2.75) is 27.2 Å². The zero-order valence-corrected chi connectivity index (χ0v) is 11.0. The van der Waals surface area contributed by atoms with Crippen LogP contribution in [0.3, 0.4) is 0 Å². The number of phenols is 2. The highest BCUT2D eigenvalue weighted by molar-refractivity contribution is 5.54. The molecule has 0 aromatic heterocycles. The molecule has 94 valence electrons. The van der Waals surface area contributed by atoms with Crippen LogP contribution in [0.1, 0.15) is 31.9 Å². The molecular formula is C16H18O2. The Morgan fingerprint density at radius 1 is 1.22 bits per heavy atom. The first-order chi connectivity index (χ1) is 8.40. The van der Waals surface area contributed by atoms with Gasteiger partial charge in [0.05, 0.1) is 5.56 Å². The number of allylic oxidation sites excluding steroid dienone is 3. The van der Waals surface area contributed by atoms with E-state index in [0.29, 0.717) is 23.1 Å². The zero-order valence-electron chi connectivity index (χ0n) is 11.0. The maximum Gasteiger partial charge on any atom is 0.131 e. The fourth-order valence-corrected chi connectivity index (χ4v) is 1.37. The molecule has 0 unspecified atom stereocenters. The van der Waals surface area contributed by atoms with Crippen LogP contribution in [0.15, 0.2) is 35.9 Å². The molecule has 0 fully saturated rings. The van der Waals surface area contributed by atoms with E-state index in [1.165, 1.54) is 11.6 Å². The first kappa shape index (κ1) is 13.9. The summed E-state index contributed by atoms with van der Waals surface area (Å²) in [4.78, 5) is 0. The standard InChI is InChI=1S/C16H18O2/c1-11(2)5-7-13-9-16(18)14(10-15(13)17)8-6-12(3)4/h6,9-10,17-18H,1,8H2,2-4H3.